The number of nitrogens with one attached hydrogen (secondary N) is 1. The maximum absolute atomic E-state index is 14.0. The van der Waals surface area contributed by atoms with E-state index in [1.807, 2.05) is 13.0 Å². The van der Waals surface area contributed by atoms with Crippen LogP contribution in [0.1, 0.15) is 38.8 Å². The summed E-state index contributed by atoms with van der Waals surface area (Å²) < 4.78 is 19.0. The highest BCUT2D eigenvalue weighted by molar-refractivity contribution is 6.00. The van der Waals surface area contributed by atoms with Crippen LogP contribution in [-0.4, -0.2) is 24.3 Å². The van der Waals surface area contributed by atoms with E-state index in [0.29, 0.717) is 5.56 Å². The van der Waals surface area contributed by atoms with Crippen LogP contribution in [0.15, 0.2) is 36.4 Å². The molecule has 2 aromatic carbocycles. The standard InChI is InChI=1S/C19H18FNO4/c1-11-4-6-15(12(2)8-11)19(24)25-10-18(23)16-7-5-14(9-17(16)20)21-13(3)22/h4-9H,10H2,1-3H3,(H,21,22). The Morgan fingerprint density at radius 3 is 2.32 bits per heavy atom. The summed E-state index contributed by atoms with van der Waals surface area (Å²) in [6, 6.07) is 8.92. The van der Waals surface area contributed by atoms with Gasteiger partial charge < -0.3 is 10.1 Å². The molecule has 1 N–H and O–H groups in total. The van der Waals surface area contributed by atoms with Gasteiger partial charge in [-0.25, -0.2) is 9.18 Å². The van der Waals surface area contributed by atoms with Crippen LogP contribution in [0.3, 0.4) is 0 Å². The Bertz CT molecular complexity index is 845. The Balaban J connectivity index is 2.04. The van der Waals surface area contributed by atoms with Crippen LogP contribution in [0.25, 0.3) is 0 Å². The highest BCUT2D eigenvalue weighted by atomic mass is 19.1. The average molecular weight is 343 g/mol. The first-order valence-electron chi connectivity index (χ1n) is 7.62. The molecule has 130 valence electrons. The lowest BCUT2D eigenvalue weighted by Crippen LogP contribution is -2.16. The lowest BCUT2D eigenvalue weighted by Gasteiger charge is -2.09. The van der Waals surface area contributed by atoms with E-state index in [9.17, 15) is 18.8 Å². The molecule has 0 unspecified atom stereocenters. The number of carbonyl (C=O) groups is 3. The smallest absolute Gasteiger partial charge is 0.338 e. The predicted molar refractivity (Wildman–Crippen MR) is 91.2 cm³/mol. The minimum absolute atomic E-state index is 0.206. The summed E-state index contributed by atoms with van der Waals surface area (Å²) in [5, 5.41) is 2.42. The van der Waals surface area contributed by atoms with E-state index in [0.717, 1.165) is 17.2 Å². The van der Waals surface area contributed by atoms with Crippen LogP contribution in [-0.2, 0) is 9.53 Å². The van der Waals surface area contributed by atoms with Crippen LogP contribution in [0.5, 0.6) is 0 Å². The van der Waals surface area contributed by atoms with E-state index in [2.05, 4.69) is 5.32 Å². The fourth-order valence-corrected chi connectivity index (χ4v) is 2.35. The van der Waals surface area contributed by atoms with Gasteiger partial charge in [0, 0.05) is 12.6 Å². The molecule has 0 radical (unpaired) electrons. The van der Waals surface area contributed by atoms with Gasteiger partial charge in [-0.15, -0.1) is 0 Å². The maximum atomic E-state index is 14.0. The molecule has 0 aliphatic carbocycles. The summed E-state index contributed by atoms with van der Waals surface area (Å²) in [4.78, 5) is 35.1. The molecule has 5 nitrogen and oxygen atoms in total. The average Bonchev–Trinajstić information content (AvgIpc) is 2.51. The number of hydrogen-bond donors (Lipinski definition) is 1. The van der Waals surface area contributed by atoms with Crippen LogP contribution in [0, 0.1) is 19.7 Å². The third-order valence-electron chi connectivity index (χ3n) is 3.53. The Morgan fingerprint density at radius 1 is 1.04 bits per heavy atom. The number of ether oxygens (including phenoxy) is 1. The number of Topliss-reactive ketones (excluding diaryl/α,β-unsaturated/α-hetero) is 1. The number of rotatable bonds is 5. The van der Waals surface area contributed by atoms with Crippen molar-refractivity contribution in [2.75, 3.05) is 11.9 Å². The fraction of sp³-hybridized carbons (Fsp3) is 0.211. The molecule has 25 heavy (non-hydrogen) atoms. The number of ketones is 1. The topological polar surface area (TPSA) is 72.5 Å². The molecule has 0 bridgehead atoms. The summed E-state index contributed by atoms with van der Waals surface area (Å²) in [6.07, 6.45) is 0. The predicted octanol–water partition coefficient (Wildman–Crippen LogP) is 3.44. The monoisotopic (exact) mass is 343 g/mol. The quantitative estimate of drug-likeness (QED) is 0.667. The van der Waals surface area contributed by atoms with E-state index in [1.165, 1.54) is 19.1 Å². The van der Waals surface area contributed by atoms with Crippen molar-refractivity contribution >= 4 is 23.3 Å². The van der Waals surface area contributed by atoms with Gasteiger partial charge in [0.05, 0.1) is 11.1 Å². The Kier molecular flexibility index (Phi) is 5.64. The van der Waals surface area contributed by atoms with Crippen molar-refractivity contribution in [1.29, 1.82) is 0 Å². The number of esters is 1. The third-order valence-corrected chi connectivity index (χ3v) is 3.53. The molecular formula is C19H18FNO4. The van der Waals surface area contributed by atoms with Gasteiger partial charge in [-0.3, -0.25) is 9.59 Å². The second kappa shape index (κ2) is 7.70. The van der Waals surface area contributed by atoms with Crippen molar-refractivity contribution in [3.8, 4) is 0 Å². The van der Waals surface area contributed by atoms with E-state index < -0.39 is 24.2 Å². The summed E-state index contributed by atoms with van der Waals surface area (Å²) >= 11 is 0. The molecule has 0 fully saturated rings. The number of aryl methyl sites for hydroxylation is 2. The molecular weight excluding hydrogens is 325 g/mol. The number of benzene rings is 2. The molecule has 0 spiro atoms. The highest BCUT2D eigenvalue weighted by Crippen LogP contribution is 2.16. The molecule has 2 aromatic rings. The molecule has 6 heteroatoms. The van der Waals surface area contributed by atoms with Crippen molar-refractivity contribution < 1.29 is 23.5 Å². The van der Waals surface area contributed by atoms with Crippen LogP contribution < -0.4 is 5.32 Å². The first kappa shape index (κ1) is 18.3. The molecule has 0 saturated heterocycles. The molecule has 0 saturated carbocycles. The van der Waals surface area contributed by atoms with Gasteiger partial charge in [-0.2, -0.15) is 0 Å². The van der Waals surface area contributed by atoms with Gasteiger partial charge in [0.1, 0.15) is 5.82 Å². The van der Waals surface area contributed by atoms with Gasteiger partial charge in [-0.05, 0) is 43.7 Å². The maximum Gasteiger partial charge on any atom is 0.338 e. The fourth-order valence-electron chi connectivity index (χ4n) is 2.35. The summed E-state index contributed by atoms with van der Waals surface area (Å²) in [7, 11) is 0. The SMILES string of the molecule is CC(=O)Nc1ccc(C(=O)COC(=O)c2ccc(C)cc2C)c(F)c1. The first-order chi connectivity index (χ1) is 11.8. The first-order valence-corrected chi connectivity index (χ1v) is 7.62. The number of anilines is 1. The van der Waals surface area contributed by atoms with E-state index >= 15 is 0 Å². The molecule has 0 heterocycles. The van der Waals surface area contributed by atoms with E-state index in [1.54, 1.807) is 19.1 Å². The van der Waals surface area contributed by atoms with Gasteiger partial charge in [0.15, 0.2) is 6.61 Å². The second-order valence-electron chi connectivity index (χ2n) is 5.69. The third kappa shape index (κ3) is 4.73. The number of halogens is 1. The largest absolute Gasteiger partial charge is 0.454 e. The van der Waals surface area contributed by atoms with Gasteiger partial charge >= 0.3 is 5.97 Å². The van der Waals surface area contributed by atoms with Crippen molar-refractivity contribution in [1.82, 2.24) is 0 Å². The van der Waals surface area contributed by atoms with Crippen LogP contribution >= 0.6 is 0 Å². The normalized spacial score (nSPS) is 10.2. The van der Waals surface area contributed by atoms with Crippen molar-refractivity contribution in [2.24, 2.45) is 0 Å². The Morgan fingerprint density at radius 2 is 1.72 bits per heavy atom. The zero-order valence-electron chi connectivity index (χ0n) is 14.2. The molecule has 2 rings (SSSR count). The van der Waals surface area contributed by atoms with E-state index in [-0.39, 0.29) is 17.2 Å². The van der Waals surface area contributed by atoms with Gasteiger partial charge in [-0.1, -0.05) is 17.7 Å². The summed E-state index contributed by atoms with van der Waals surface area (Å²) in [5.41, 5.74) is 2.14. The molecule has 1 amide bonds. The van der Waals surface area contributed by atoms with Crippen LogP contribution in [0.4, 0.5) is 10.1 Å². The molecule has 0 aliphatic heterocycles. The molecule has 0 aromatic heterocycles. The minimum atomic E-state index is -0.793. The Labute approximate surface area is 144 Å². The summed E-state index contributed by atoms with van der Waals surface area (Å²) in [6.45, 7) is 4.40. The lowest BCUT2D eigenvalue weighted by atomic mass is 10.1. The van der Waals surface area contributed by atoms with Crippen molar-refractivity contribution in [3.05, 3.63) is 64.5 Å². The number of amides is 1. The number of hydrogen-bond acceptors (Lipinski definition) is 4. The second-order valence-corrected chi connectivity index (χ2v) is 5.69. The molecule has 0 atom stereocenters. The zero-order valence-corrected chi connectivity index (χ0v) is 14.2. The zero-order chi connectivity index (χ0) is 18.6. The lowest BCUT2D eigenvalue weighted by molar-refractivity contribution is -0.114. The minimum Gasteiger partial charge on any atom is -0.454 e. The Hall–Kier alpha value is -3.02. The van der Waals surface area contributed by atoms with Gasteiger partial charge in [0.25, 0.3) is 0 Å². The highest BCUT2D eigenvalue weighted by Gasteiger charge is 2.17. The van der Waals surface area contributed by atoms with Crippen LogP contribution in [0.2, 0.25) is 0 Å². The van der Waals surface area contributed by atoms with Gasteiger partial charge in [0.2, 0.25) is 11.7 Å². The van der Waals surface area contributed by atoms with Crippen molar-refractivity contribution in [3.63, 3.8) is 0 Å². The summed E-state index contributed by atoms with van der Waals surface area (Å²) in [5.74, 6) is -2.44. The number of carbonyl (C=O) groups excluding carboxylic acids is 3. The van der Waals surface area contributed by atoms with E-state index in [4.69, 9.17) is 4.74 Å². The van der Waals surface area contributed by atoms with Crippen molar-refractivity contribution in [2.45, 2.75) is 20.8 Å². The molecule has 0 aliphatic rings.